The van der Waals surface area contributed by atoms with E-state index in [-0.39, 0.29) is 11.9 Å². The summed E-state index contributed by atoms with van der Waals surface area (Å²) < 4.78 is 0. The van der Waals surface area contributed by atoms with Crippen molar-refractivity contribution in [3.05, 3.63) is 65.2 Å². The van der Waals surface area contributed by atoms with Gasteiger partial charge >= 0.3 is 0 Å². The first kappa shape index (κ1) is 18.1. The molecule has 1 fully saturated rings. The van der Waals surface area contributed by atoms with Crippen LogP contribution in [0.25, 0.3) is 0 Å². The molecular weight excluding hydrogens is 336 g/mol. The first-order chi connectivity index (χ1) is 13.2. The second kappa shape index (κ2) is 7.73. The minimum absolute atomic E-state index is 0.0396. The van der Waals surface area contributed by atoms with Crippen molar-refractivity contribution < 1.29 is 9.90 Å². The Labute approximate surface area is 161 Å². The molecule has 4 heteroatoms. The molecule has 0 radical (unpaired) electrons. The van der Waals surface area contributed by atoms with Gasteiger partial charge in [-0.3, -0.25) is 9.69 Å². The summed E-state index contributed by atoms with van der Waals surface area (Å²) in [5.74, 6) is 1.03. The summed E-state index contributed by atoms with van der Waals surface area (Å²) in [6.45, 7) is 5.50. The van der Waals surface area contributed by atoms with Crippen molar-refractivity contribution in [3.63, 3.8) is 0 Å². The summed E-state index contributed by atoms with van der Waals surface area (Å²) in [7, 11) is 0. The predicted molar refractivity (Wildman–Crippen MR) is 107 cm³/mol. The molecule has 27 heavy (non-hydrogen) atoms. The minimum atomic E-state index is -0.0396. The molecule has 0 aromatic heterocycles. The van der Waals surface area contributed by atoms with E-state index in [0.29, 0.717) is 11.7 Å². The number of piperidine rings is 1. The highest BCUT2D eigenvalue weighted by atomic mass is 16.3. The fourth-order valence-corrected chi connectivity index (χ4v) is 4.58. The normalized spacial score (nSPS) is 21.1. The van der Waals surface area contributed by atoms with E-state index in [4.69, 9.17) is 0 Å². The summed E-state index contributed by atoms with van der Waals surface area (Å²) in [4.78, 5) is 17.6. The number of likely N-dealkylation sites (N-methyl/N-ethyl adjacent to an activating group) is 1. The number of carbonyl (C=O) groups is 1. The Morgan fingerprint density at radius 3 is 2.52 bits per heavy atom. The van der Waals surface area contributed by atoms with Gasteiger partial charge in [0.25, 0.3) is 0 Å². The first-order valence-electron chi connectivity index (χ1n) is 10.0. The number of rotatable bonds is 3. The van der Waals surface area contributed by atoms with Gasteiger partial charge in [-0.25, -0.2) is 0 Å². The molecule has 0 saturated carbocycles. The van der Waals surface area contributed by atoms with Crippen LogP contribution in [0.2, 0.25) is 0 Å². The van der Waals surface area contributed by atoms with Gasteiger partial charge in [0.1, 0.15) is 5.75 Å². The van der Waals surface area contributed by atoms with Crippen LogP contribution >= 0.6 is 0 Å². The Bertz CT molecular complexity index is 812. The van der Waals surface area contributed by atoms with E-state index in [1.165, 1.54) is 16.7 Å². The van der Waals surface area contributed by atoms with Gasteiger partial charge in [-0.2, -0.15) is 0 Å². The predicted octanol–water partition coefficient (Wildman–Crippen LogP) is 3.55. The van der Waals surface area contributed by atoms with Gasteiger partial charge in [-0.15, -0.1) is 0 Å². The maximum Gasteiger partial charge on any atom is 0.240 e. The number of hydrogen-bond acceptors (Lipinski definition) is 3. The molecule has 1 atom stereocenters. The van der Waals surface area contributed by atoms with Crippen LogP contribution < -0.4 is 0 Å². The summed E-state index contributed by atoms with van der Waals surface area (Å²) in [5, 5.41) is 9.72. The van der Waals surface area contributed by atoms with Gasteiger partial charge in [0.15, 0.2) is 0 Å². The van der Waals surface area contributed by atoms with Gasteiger partial charge < -0.3 is 10.0 Å². The zero-order chi connectivity index (χ0) is 18.8. The molecule has 2 heterocycles. The molecule has 1 saturated heterocycles. The molecule has 1 N–H and O–H groups in total. The summed E-state index contributed by atoms with van der Waals surface area (Å²) in [6.07, 6.45) is 2.74. The third-order valence-electron chi connectivity index (χ3n) is 6.19. The highest BCUT2D eigenvalue weighted by molar-refractivity contribution is 5.82. The smallest absolute Gasteiger partial charge is 0.240 e. The van der Waals surface area contributed by atoms with Gasteiger partial charge in [0, 0.05) is 19.6 Å². The lowest BCUT2D eigenvalue weighted by atomic mass is 9.88. The van der Waals surface area contributed by atoms with E-state index in [1.807, 2.05) is 12.1 Å². The molecule has 0 aliphatic carbocycles. The van der Waals surface area contributed by atoms with Gasteiger partial charge in [0.2, 0.25) is 5.91 Å². The monoisotopic (exact) mass is 364 g/mol. The number of carbonyl (C=O) groups excluding carboxylic acids is 1. The second-order valence-electron chi connectivity index (χ2n) is 7.75. The fourth-order valence-electron chi connectivity index (χ4n) is 4.58. The Morgan fingerprint density at radius 2 is 1.81 bits per heavy atom. The number of phenols is 1. The maximum atomic E-state index is 13.3. The average Bonchev–Trinajstić information content (AvgIpc) is 2.72. The van der Waals surface area contributed by atoms with E-state index >= 15 is 0 Å². The highest BCUT2D eigenvalue weighted by Crippen LogP contribution is 2.31. The first-order valence-corrected chi connectivity index (χ1v) is 10.0. The van der Waals surface area contributed by atoms with E-state index in [9.17, 15) is 9.90 Å². The van der Waals surface area contributed by atoms with Crippen LogP contribution in [0.5, 0.6) is 5.75 Å². The molecule has 2 aromatic rings. The lowest BCUT2D eigenvalue weighted by Gasteiger charge is -2.40. The standard InChI is InChI=1S/C23H28N2O2/c1-2-24-16-20-7-4-3-6-19(20)15-22(24)23(27)25-12-10-17(11-13-25)18-8-5-9-21(26)14-18/h3-9,14,17,22,26H,2,10-13,15-16H2,1H3. The van der Waals surface area contributed by atoms with Crippen LogP contribution in [0.3, 0.4) is 0 Å². The third-order valence-corrected chi connectivity index (χ3v) is 6.19. The van der Waals surface area contributed by atoms with E-state index in [2.05, 4.69) is 47.1 Å². The van der Waals surface area contributed by atoms with Crippen molar-refractivity contribution in [1.82, 2.24) is 9.80 Å². The zero-order valence-electron chi connectivity index (χ0n) is 16.0. The van der Waals surface area contributed by atoms with Gasteiger partial charge in [-0.05, 0) is 60.5 Å². The molecule has 2 aromatic carbocycles. The number of nitrogens with zero attached hydrogens (tertiary/aromatic N) is 2. The van der Waals surface area contributed by atoms with Gasteiger partial charge in [0.05, 0.1) is 6.04 Å². The van der Waals surface area contributed by atoms with Crippen LogP contribution in [-0.2, 0) is 17.8 Å². The number of phenolic OH excluding ortho intramolecular Hbond substituents is 1. The third kappa shape index (κ3) is 3.72. The molecule has 0 bridgehead atoms. The summed E-state index contributed by atoms with van der Waals surface area (Å²) in [6, 6.07) is 16.0. The van der Waals surface area contributed by atoms with E-state index in [0.717, 1.165) is 45.4 Å². The minimum Gasteiger partial charge on any atom is -0.508 e. The number of hydrogen-bond donors (Lipinski definition) is 1. The Morgan fingerprint density at radius 1 is 1.07 bits per heavy atom. The lowest BCUT2D eigenvalue weighted by Crippen LogP contribution is -2.53. The Hall–Kier alpha value is -2.33. The van der Waals surface area contributed by atoms with Crippen LogP contribution in [0, 0.1) is 0 Å². The van der Waals surface area contributed by atoms with Crippen LogP contribution in [-0.4, -0.2) is 46.5 Å². The molecule has 1 unspecified atom stereocenters. The summed E-state index contributed by atoms with van der Waals surface area (Å²) in [5.41, 5.74) is 3.85. The summed E-state index contributed by atoms with van der Waals surface area (Å²) >= 11 is 0. The molecular formula is C23H28N2O2. The molecule has 4 rings (SSSR count). The molecule has 142 valence electrons. The van der Waals surface area contributed by atoms with Crippen molar-refractivity contribution >= 4 is 5.91 Å². The van der Waals surface area contributed by atoms with Crippen LogP contribution in [0.15, 0.2) is 48.5 Å². The number of amides is 1. The zero-order valence-corrected chi connectivity index (χ0v) is 16.0. The molecule has 0 spiro atoms. The number of likely N-dealkylation sites (tertiary alicyclic amines) is 1. The van der Waals surface area contributed by atoms with Crippen molar-refractivity contribution in [2.75, 3.05) is 19.6 Å². The quantitative estimate of drug-likeness (QED) is 0.906. The van der Waals surface area contributed by atoms with Crippen molar-refractivity contribution in [2.24, 2.45) is 0 Å². The van der Waals surface area contributed by atoms with Crippen LogP contribution in [0.1, 0.15) is 42.4 Å². The Kier molecular flexibility index (Phi) is 5.17. The number of aromatic hydroxyl groups is 1. The SMILES string of the molecule is CCN1Cc2ccccc2CC1C(=O)N1CCC(c2cccc(O)c2)CC1. The maximum absolute atomic E-state index is 13.3. The van der Waals surface area contributed by atoms with E-state index < -0.39 is 0 Å². The largest absolute Gasteiger partial charge is 0.508 e. The number of fused-ring (bicyclic) bond motifs is 1. The van der Waals surface area contributed by atoms with Crippen molar-refractivity contribution in [3.8, 4) is 5.75 Å². The molecule has 2 aliphatic rings. The highest BCUT2D eigenvalue weighted by Gasteiger charge is 2.34. The van der Waals surface area contributed by atoms with Gasteiger partial charge in [-0.1, -0.05) is 43.3 Å². The van der Waals surface area contributed by atoms with Crippen molar-refractivity contribution in [1.29, 1.82) is 0 Å². The molecule has 1 amide bonds. The second-order valence-corrected chi connectivity index (χ2v) is 7.75. The lowest BCUT2D eigenvalue weighted by molar-refractivity contribution is -0.138. The molecule has 4 nitrogen and oxygen atoms in total. The van der Waals surface area contributed by atoms with Crippen LogP contribution in [0.4, 0.5) is 0 Å². The van der Waals surface area contributed by atoms with E-state index in [1.54, 1.807) is 6.07 Å². The van der Waals surface area contributed by atoms with Crippen molar-refractivity contribution in [2.45, 2.75) is 44.7 Å². The number of benzene rings is 2. The molecule has 2 aliphatic heterocycles. The topological polar surface area (TPSA) is 43.8 Å². The average molecular weight is 364 g/mol. The Balaban J connectivity index is 1.43. The fraction of sp³-hybridized carbons (Fsp3) is 0.435.